The second-order valence-electron chi connectivity index (χ2n) is 16.6. The average Bonchev–Trinajstić information content (AvgIpc) is 3.63. The Balaban J connectivity index is 0.933. The Hall–Kier alpha value is -5.29. The zero-order valence-electron chi connectivity index (χ0n) is 33.9. The lowest BCUT2D eigenvalue weighted by Crippen LogP contribution is -2.66. The third-order valence-corrected chi connectivity index (χ3v) is 16.8. The number of carbonyl (C=O) groups is 3. The molecule has 1 aromatic heterocycles. The number of benzene rings is 4. The molecule has 1 aliphatic heterocycles. The number of amides is 3. The highest BCUT2D eigenvalue weighted by Gasteiger charge is 2.50. The van der Waals surface area contributed by atoms with E-state index in [2.05, 4.69) is 108 Å². The van der Waals surface area contributed by atoms with Gasteiger partial charge in [0.2, 0.25) is 5.91 Å². The number of nitrogens with one attached hydrogen (secondary N) is 2. The summed E-state index contributed by atoms with van der Waals surface area (Å²) in [5.74, 6) is -0.197. The lowest BCUT2D eigenvalue weighted by Gasteiger charge is -2.53. The largest absolute Gasteiger partial charge is 0.407 e. The summed E-state index contributed by atoms with van der Waals surface area (Å²) < 4.78 is 9.11. The third kappa shape index (κ3) is 8.12. The second kappa shape index (κ2) is 16.7. The van der Waals surface area contributed by atoms with Crippen LogP contribution in [0.1, 0.15) is 84.1 Å². The summed E-state index contributed by atoms with van der Waals surface area (Å²) in [6.07, 6.45) is 3.51. The van der Waals surface area contributed by atoms with Gasteiger partial charge in [0.15, 0.2) is 0 Å². The van der Waals surface area contributed by atoms with Crippen LogP contribution in [0.4, 0.5) is 5.69 Å². The Bertz CT molecular complexity index is 2130. The van der Waals surface area contributed by atoms with Crippen molar-refractivity contribution in [2.24, 2.45) is 0 Å². The molecule has 1 fully saturated rings. The number of anilines is 1. The van der Waals surface area contributed by atoms with Crippen LogP contribution in [-0.2, 0) is 34.4 Å². The van der Waals surface area contributed by atoms with Gasteiger partial charge >= 0.3 is 0 Å². The number of hydrogen-bond donors (Lipinski definition) is 2. The Morgan fingerprint density at radius 1 is 0.772 bits per heavy atom. The minimum absolute atomic E-state index is 0.00407. The standard InChI is InChI=1S/C47H55N5O4Si/c1-46(2,3)57(39-13-8-6-9-14-39,40-15-10-7-11-16-40)56-32-27-43(53)49-38-23-19-35(20-24-38)33-48-44(54)41-25-26-42-47(28-12-29-47)51(30-31-52(41)42)34-36-17-21-37(22-18-36)45(55)50(4)5/h6-11,13-26H,12,27-34H2,1-5H3,(H,48,54)(H,49,53). The van der Waals surface area contributed by atoms with E-state index in [0.717, 1.165) is 44.5 Å². The van der Waals surface area contributed by atoms with Gasteiger partial charge in [-0.1, -0.05) is 106 Å². The van der Waals surface area contributed by atoms with Gasteiger partial charge in [-0.2, -0.15) is 0 Å². The number of rotatable bonds is 13. The van der Waals surface area contributed by atoms with Crippen LogP contribution in [0.3, 0.4) is 0 Å². The minimum Gasteiger partial charge on any atom is -0.407 e. The number of fused-ring (bicyclic) bond motifs is 2. The Morgan fingerprint density at radius 2 is 1.39 bits per heavy atom. The summed E-state index contributed by atoms with van der Waals surface area (Å²) >= 11 is 0. The van der Waals surface area contributed by atoms with Gasteiger partial charge in [0.1, 0.15) is 5.69 Å². The highest BCUT2D eigenvalue weighted by molar-refractivity contribution is 6.99. The Labute approximate surface area is 338 Å². The average molecular weight is 782 g/mol. The lowest BCUT2D eigenvalue weighted by molar-refractivity contribution is -0.116. The van der Waals surface area contributed by atoms with Crippen LogP contribution in [0, 0.1) is 0 Å². The first-order valence-electron chi connectivity index (χ1n) is 20.1. The Kier molecular flexibility index (Phi) is 11.7. The van der Waals surface area contributed by atoms with Crippen molar-refractivity contribution in [3.05, 3.63) is 149 Å². The fourth-order valence-electron chi connectivity index (χ4n) is 8.72. The van der Waals surface area contributed by atoms with E-state index in [1.165, 1.54) is 21.6 Å². The van der Waals surface area contributed by atoms with Crippen molar-refractivity contribution in [1.29, 1.82) is 0 Å². The fourth-order valence-corrected chi connectivity index (χ4v) is 13.3. The van der Waals surface area contributed by atoms with Crippen molar-refractivity contribution < 1.29 is 18.8 Å². The molecule has 2 N–H and O–H groups in total. The minimum atomic E-state index is -2.72. The third-order valence-electron chi connectivity index (χ3n) is 11.8. The molecule has 0 radical (unpaired) electrons. The molecule has 5 aromatic rings. The molecule has 10 heteroatoms. The molecule has 0 atom stereocenters. The summed E-state index contributed by atoms with van der Waals surface area (Å²) in [7, 11) is 0.813. The molecule has 57 heavy (non-hydrogen) atoms. The van der Waals surface area contributed by atoms with E-state index >= 15 is 0 Å². The SMILES string of the molecule is CN(C)C(=O)c1ccc(CN2CCn3c(C(=O)NCc4ccc(NC(=O)CCO[Si](c5ccccc5)(c5ccccc5)C(C)(C)C)cc4)ccc3C23CCC3)cc1. The van der Waals surface area contributed by atoms with Crippen LogP contribution in [0.5, 0.6) is 0 Å². The van der Waals surface area contributed by atoms with E-state index in [-0.39, 0.29) is 34.7 Å². The molecule has 7 rings (SSSR count). The van der Waals surface area contributed by atoms with E-state index in [0.29, 0.717) is 30.1 Å². The van der Waals surface area contributed by atoms with Gasteiger partial charge in [-0.15, -0.1) is 0 Å². The summed E-state index contributed by atoms with van der Waals surface area (Å²) in [6, 6.07) is 40.6. The predicted octanol–water partition coefficient (Wildman–Crippen LogP) is 6.92. The maximum absolute atomic E-state index is 13.6. The molecule has 1 saturated carbocycles. The predicted molar refractivity (Wildman–Crippen MR) is 229 cm³/mol. The van der Waals surface area contributed by atoms with Gasteiger partial charge < -0.3 is 24.5 Å². The fraction of sp³-hybridized carbons (Fsp3) is 0.340. The zero-order valence-corrected chi connectivity index (χ0v) is 34.9. The van der Waals surface area contributed by atoms with E-state index < -0.39 is 8.32 Å². The lowest BCUT2D eigenvalue weighted by atomic mass is 9.71. The topological polar surface area (TPSA) is 95.9 Å². The highest BCUT2D eigenvalue weighted by atomic mass is 28.4. The van der Waals surface area contributed by atoms with Gasteiger partial charge in [-0.3, -0.25) is 19.3 Å². The normalized spacial score (nSPS) is 15.0. The van der Waals surface area contributed by atoms with Gasteiger partial charge in [0.25, 0.3) is 20.1 Å². The molecule has 2 aliphatic rings. The van der Waals surface area contributed by atoms with Crippen molar-refractivity contribution in [2.75, 3.05) is 32.6 Å². The molecular formula is C47H55N5O4Si. The first kappa shape index (κ1) is 39.9. The maximum atomic E-state index is 13.6. The van der Waals surface area contributed by atoms with Crippen molar-refractivity contribution in [3.63, 3.8) is 0 Å². The van der Waals surface area contributed by atoms with Crippen LogP contribution in [-0.4, -0.2) is 67.7 Å². The summed E-state index contributed by atoms with van der Waals surface area (Å²) in [6.45, 7) is 9.76. The summed E-state index contributed by atoms with van der Waals surface area (Å²) in [5, 5.41) is 8.37. The van der Waals surface area contributed by atoms with Crippen LogP contribution in [0.2, 0.25) is 5.04 Å². The second-order valence-corrected chi connectivity index (χ2v) is 21.0. The van der Waals surface area contributed by atoms with Gasteiger partial charge in [-0.05, 0) is 82.2 Å². The Morgan fingerprint density at radius 3 is 1.95 bits per heavy atom. The molecule has 296 valence electrons. The van der Waals surface area contributed by atoms with Crippen LogP contribution < -0.4 is 21.0 Å². The summed E-state index contributed by atoms with van der Waals surface area (Å²) in [5.41, 5.74) is 5.34. The number of carbonyl (C=O) groups excluding carboxylic acids is 3. The molecular weight excluding hydrogens is 727 g/mol. The number of hydrogen-bond acceptors (Lipinski definition) is 5. The van der Waals surface area contributed by atoms with Crippen molar-refractivity contribution in [3.8, 4) is 0 Å². The highest BCUT2D eigenvalue weighted by Crippen LogP contribution is 2.49. The molecule has 2 heterocycles. The van der Waals surface area contributed by atoms with Crippen molar-refractivity contribution in [2.45, 2.75) is 76.7 Å². The monoisotopic (exact) mass is 781 g/mol. The molecule has 3 amide bonds. The molecule has 0 bridgehead atoms. The van der Waals surface area contributed by atoms with Crippen molar-refractivity contribution in [1.82, 2.24) is 19.7 Å². The van der Waals surface area contributed by atoms with E-state index in [1.807, 2.05) is 54.6 Å². The number of aromatic nitrogens is 1. The van der Waals surface area contributed by atoms with Gasteiger partial charge in [0, 0.05) is 70.2 Å². The van der Waals surface area contributed by atoms with E-state index in [1.54, 1.807) is 19.0 Å². The van der Waals surface area contributed by atoms with E-state index in [9.17, 15) is 14.4 Å². The van der Waals surface area contributed by atoms with Gasteiger partial charge in [0.05, 0.1) is 5.54 Å². The van der Waals surface area contributed by atoms with Crippen molar-refractivity contribution >= 4 is 42.1 Å². The smallest absolute Gasteiger partial charge is 0.268 e. The first-order valence-corrected chi connectivity index (χ1v) is 22.0. The summed E-state index contributed by atoms with van der Waals surface area (Å²) in [4.78, 5) is 43.2. The van der Waals surface area contributed by atoms with Crippen LogP contribution >= 0.6 is 0 Å². The molecule has 1 spiro atoms. The molecule has 0 unspecified atom stereocenters. The van der Waals surface area contributed by atoms with Crippen LogP contribution in [0.25, 0.3) is 0 Å². The number of nitrogens with zero attached hydrogens (tertiary/aromatic N) is 3. The maximum Gasteiger partial charge on any atom is 0.268 e. The quantitative estimate of drug-likeness (QED) is 0.127. The molecule has 0 saturated heterocycles. The molecule has 4 aromatic carbocycles. The first-order chi connectivity index (χ1) is 27.4. The molecule has 1 aliphatic carbocycles. The zero-order chi connectivity index (χ0) is 40.2. The van der Waals surface area contributed by atoms with E-state index in [4.69, 9.17) is 4.43 Å². The molecule has 9 nitrogen and oxygen atoms in total. The van der Waals surface area contributed by atoms with Crippen LogP contribution in [0.15, 0.2) is 121 Å². The van der Waals surface area contributed by atoms with Gasteiger partial charge in [-0.25, -0.2) is 0 Å².